The van der Waals surface area contributed by atoms with E-state index in [1.165, 1.54) is 43.2 Å². The molecule has 0 aliphatic rings. The van der Waals surface area contributed by atoms with Gasteiger partial charge in [-0.25, -0.2) is 0 Å². The molecule has 0 aliphatic carbocycles. The van der Waals surface area contributed by atoms with E-state index in [2.05, 4.69) is 121 Å². The second kappa shape index (κ2) is 13.5. The van der Waals surface area contributed by atoms with Crippen LogP contribution in [0.2, 0.25) is 0 Å². The van der Waals surface area contributed by atoms with Gasteiger partial charge in [0.2, 0.25) is 0 Å². The van der Waals surface area contributed by atoms with Crippen molar-refractivity contribution in [3.05, 3.63) is 176 Å². The summed E-state index contributed by atoms with van der Waals surface area (Å²) in [5.74, 6) is 0. The van der Waals surface area contributed by atoms with Crippen molar-refractivity contribution in [1.82, 2.24) is 0 Å². The molecule has 32 heavy (non-hydrogen) atoms. The number of hydrogen-bond acceptors (Lipinski definition) is 0. The minimum absolute atomic E-state index is 1.22. The normalized spacial score (nSPS) is 8.88. The van der Waals surface area contributed by atoms with Gasteiger partial charge in [-0.3, -0.25) is 9.82 Å². The molecule has 0 saturated heterocycles. The van der Waals surface area contributed by atoms with Gasteiger partial charge >= 0.3 is 0 Å². The summed E-state index contributed by atoms with van der Waals surface area (Å²) in [7, 11) is 0. The topological polar surface area (TPSA) is 117 Å². The molecule has 0 N–H and O–H groups in total. The maximum atomic E-state index is 6.75. The van der Waals surface area contributed by atoms with E-state index in [1.54, 1.807) is 0 Å². The molecular formula is C26H20N6-2. The molecule has 6 heteroatoms. The lowest BCUT2D eigenvalue weighted by Gasteiger charge is -2.18. The molecule has 0 heterocycles. The molecule has 0 radical (unpaired) electrons. The van der Waals surface area contributed by atoms with Crippen molar-refractivity contribution in [3.8, 4) is 0 Å². The molecule has 0 amide bonds. The first-order chi connectivity index (χ1) is 15.8. The average Bonchev–Trinajstić information content (AvgIpc) is 2.86. The predicted molar refractivity (Wildman–Crippen MR) is 131 cm³/mol. The molecule has 0 unspecified atom stereocenters. The van der Waals surface area contributed by atoms with Gasteiger partial charge in [-0.1, -0.05) is 121 Å². The molecule has 0 saturated carbocycles. The third-order valence-corrected chi connectivity index (χ3v) is 4.50. The van der Waals surface area contributed by atoms with Gasteiger partial charge in [0.25, 0.3) is 0 Å². The quantitative estimate of drug-likeness (QED) is 0.137. The van der Waals surface area contributed by atoms with Gasteiger partial charge in [0.15, 0.2) is 0 Å². The van der Waals surface area contributed by atoms with Crippen LogP contribution in [-0.4, -0.2) is 0 Å². The Labute approximate surface area is 187 Å². The number of nitrogens with zero attached hydrogens (tertiary/aromatic N) is 6. The van der Waals surface area contributed by atoms with Crippen LogP contribution in [0.1, 0.15) is 22.3 Å². The van der Waals surface area contributed by atoms with E-state index in [4.69, 9.17) is 22.1 Å². The first-order valence-electron chi connectivity index (χ1n) is 9.69. The van der Waals surface area contributed by atoms with Crippen LogP contribution in [0.3, 0.4) is 0 Å². The lowest BCUT2D eigenvalue weighted by Crippen LogP contribution is -1.97. The number of rotatable bonds is 4. The van der Waals surface area contributed by atoms with Crippen molar-refractivity contribution in [3.63, 3.8) is 0 Å². The monoisotopic (exact) mass is 416 g/mol. The highest BCUT2D eigenvalue weighted by Crippen LogP contribution is 2.36. The van der Waals surface area contributed by atoms with Crippen molar-refractivity contribution in [2.24, 2.45) is 0 Å². The van der Waals surface area contributed by atoms with Crippen LogP contribution in [0.25, 0.3) is 43.1 Å². The third-order valence-electron chi connectivity index (χ3n) is 4.50. The Morgan fingerprint density at radius 2 is 0.500 bits per heavy atom. The summed E-state index contributed by atoms with van der Waals surface area (Å²) in [4.78, 5) is 3.00. The van der Waals surface area contributed by atoms with Gasteiger partial charge in [-0.05, 0) is 33.4 Å². The van der Waals surface area contributed by atoms with Crippen LogP contribution in [0.15, 0.2) is 121 Å². The average molecular weight is 416 g/mol. The van der Waals surface area contributed by atoms with Crippen LogP contribution in [0.4, 0.5) is 0 Å². The van der Waals surface area contributed by atoms with E-state index < -0.39 is 0 Å². The summed E-state index contributed by atoms with van der Waals surface area (Å²) in [5.41, 5.74) is 34.4. The number of hydrogen-bond donors (Lipinski definition) is 0. The Morgan fingerprint density at radius 1 is 0.344 bits per heavy atom. The minimum atomic E-state index is 1.22. The van der Waals surface area contributed by atoms with Gasteiger partial charge in [0, 0.05) is 0 Å². The van der Waals surface area contributed by atoms with Crippen molar-refractivity contribution in [2.75, 3.05) is 0 Å². The Kier molecular flexibility index (Phi) is 9.89. The first kappa shape index (κ1) is 23.5. The summed E-state index contributed by atoms with van der Waals surface area (Å²) in [6.07, 6.45) is 0. The molecule has 4 aromatic rings. The van der Waals surface area contributed by atoms with Crippen LogP contribution >= 0.6 is 0 Å². The molecule has 0 aliphatic heterocycles. The summed E-state index contributed by atoms with van der Waals surface area (Å²) in [6, 6.07) is 42.6. The molecule has 0 spiro atoms. The van der Waals surface area contributed by atoms with E-state index in [1.807, 2.05) is 0 Å². The summed E-state index contributed by atoms with van der Waals surface area (Å²) in [5, 5.41) is 0. The van der Waals surface area contributed by atoms with Crippen LogP contribution < -0.4 is 0 Å². The van der Waals surface area contributed by atoms with Crippen molar-refractivity contribution in [2.45, 2.75) is 0 Å². The van der Waals surface area contributed by atoms with Crippen LogP contribution in [-0.2, 0) is 0 Å². The van der Waals surface area contributed by atoms with Gasteiger partial charge < -0.3 is 22.1 Å². The SMILES string of the molecule is [N-]=[N+]=[N-].[N-]=[N+]=[N-].c1ccc(C(=C(c2ccccc2)c2ccccc2)c2ccccc2)cc1. The lowest BCUT2D eigenvalue weighted by molar-refractivity contribution is 1.50. The van der Waals surface area contributed by atoms with Gasteiger partial charge in [-0.15, -0.1) is 0 Å². The molecule has 0 atom stereocenters. The largest absolute Gasteiger partial charge is 0.373 e. The highest BCUT2D eigenvalue weighted by molar-refractivity contribution is 6.04. The molecular weight excluding hydrogens is 396 g/mol. The minimum Gasteiger partial charge on any atom is -0.373 e. The van der Waals surface area contributed by atoms with Crippen molar-refractivity contribution >= 4 is 11.1 Å². The smallest absolute Gasteiger partial charge is 0.00268 e. The van der Waals surface area contributed by atoms with E-state index >= 15 is 0 Å². The fourth-order valence-electron chi connectivity index (χ4n) is 3.33. The Morgan fingerprint density at radius 3 is 0.656 bits per heavy atom. The molecule has 4 rings (SSSR count). The fraction of sp³-hybridized carbons (Fsp3) is 0. The maximum absolute atomic E-state index is 6.75. The Balaban J connectivity index is 0.000000547. The van der Waals surface area contributed by atoms with Crippen LogP contribution in [0, 0.1) is 0 Å². The zero-order chi connectivity index (χ0) is 23.0. The van der Waals surface area contributed by atoms with Gasteiger partial charge in [0.05, 0.1) is 0 Å². The van der Waals surface area contributed by atoms with Crippen LogP contribution in [0.5, 0.6) is 0 Å². The summed E-state index contributed by atoms with van der Waals surface area (Å²) < 4.78 is 0. The van der Waals surface area contributed by atoms with Crippen molar-refractivity contribution in [1.29, 1.82) is 0 Å². The predicted octanol–water partition coefficient (Wildman–Crippen LogP) is 8.43. The fourth-order valence-corrected chi connectivity index (χ4v) is 3.33. The molecule has 156 valence electrons. The molecule has 6 nitrogen and oxygen atoms in total. The lowest BCUT2D eigenvalue weighted by atomic mass is 9.86. The second-order valence-corrected chi connectivity index (χ2v) is 6.39. The molecule has 0 fully saturated rings. The van der Waals surface area contributed by atoms with E-state index in [0.29, 0.717) is 0 Å². The zero-order valence-corrected chi connectivity index (χ0v) is 17.2. The highest BCUT2D eigenvalue weighted by atomic mass is 15.0. The van der Waals surface area contributed by atoms with E-state index in [-0.39, 0.29) is 0 Å². The van der Waals surface area contributed by atoms with E-state index in [0.717, 1.165) is 0 Å². The summed E-state index contributed by atoms with van der Waals surface area (Å²) in [6.45, 7) is 0. The Bertz CT molecular complexity index is 996. The van der Waals surface area contributed by atoms with Crippen molar-refractivity contribution < 1.29 is 0 Å². The highest BCUT2D eigenvalue weighted by Gasteiger charge is 2.15. The second-order valence-electron chi connectivity index (χ2n) is 6.39. The maximum Gasteiger partial charge on any atom is -0.00268 e. The van der Waals surface area contributed by atoms with E-state index in [9.17, 15) is 0 Å². The summed E-state index contributed by atoms with van der Waals surface area (Å²) >= 11 is 0. The zero-order valence-electron chi connectivity index (χ0n) is 17.2. The molecule has 4 aromatic carbocycles. The number of benzene rings is 4. The molecule has 0 bridgehead atoms. The Hall–Kier alpha value is -4.76. The van der Waals surface area contributed by atoms with Gasteiger partial charge in [-0.2, -0.15) is 0 Å². The third kappa shape index (κ3) is 6.65. The standard InChI is InChI=1S/C26H20.2N3/c1-5-13-21(14-6-1)25(22-15-7-2-8-16-22)26(23-17-9-3-10-18-23)24-19-11-4-12-20-24;2*1-3-2/h1-20H;;/q;2*-1. The molecule has 0 aromatic heterocycles. The first-order valence-corrected chi connectivity index (χ1v) is 9.69. The van der Waals surface area contributed by atoms with Gasteiger partial charge in [0.1, 0.15) is 0 Å².